The Morgan fingerprint density at radius 2 is 2.41 bits per heavy atom. The minimum atomic E-state index is 0.182. The number of nitrogens with zero attached hydrogens (tertiary/aromatic N) is 2. The van der Waals surface area contributed by atoms with Gasteiger partial charge in [0.25, 0.3) is 0 Å². The first kappa shape index (κ1) is 11.3. The second kappa shape index (κ2) is 4.84. The molecule has 0 aromatic carbocycles. The molecule has 0 saturated heterocycles. The van der Waals surface area contributed by atoms with Gasteiger partial charge in [-0.15, -0.1) is 22.7 Å². The highest BCUT2D eigenvalue weighted by molar-refractivity contribution is 7.12. The average molecular weight is 265 g/mol. The van der Waals surface area contributed by atoms with Crippen molar-refractivity contribution in [3.05, 3.63) is 32.2 Å². The van der Waals surface area contributed by atoms with Crippen molar-refractivity contribution in [1.29, 1.82) is 0 Å². The molecule has 0 aliphatic heterocycles. The number of hydrogen-bond donors (Lipinski definition) is 1. The lowest BCUT2D eigenvalue weighted by Crippen LogP contribution is -2.22. The Bertz CT molecular complexity index is 468. The maximum absolute atomic E-state index is 4.79. The van der Waals surface area contributed by atoms with Crippen molar-refractivity contribution >= 4 is 22.7 Å². The van der Waals surface area contributed by atoms with Gasteiger partial charge in [0.05, 0.1) is 16.9 Å². The van der Waals surface area contributed by atoms with E-state index in [1.54, 1.807) is 11.3 Å². The van der Waals surface area contributed by atoms with Crippen LogP contribution in [-0.2, 0) is 12.8 Å². The zero-order chi connectivity index (χ0) is 11.7. The number of aryl methyl sites for hydroxylation is 2. The number of hydrogen-bond acceptors (Lipinski definition) is 5. The highest BCUT2D eigenvalue weighted by Gasteiger charge is 2.23. The van der Waals surface area contributed by atoms with E-state index in [1.165, 1.54) is 28.4 Å². The smallest absolute Gasteiger partial charge is 0.116 e. The lowest BCUT2D eigenvalue weighted by atomic mass is 10.2. The molecule has 0 radical (unpaired) electrons. The third-order valence-electron chi connectivity index (χ3n) is 3.01. The van der Waals surface area contributed by atoms with Crippen LogP contribution < -0.4 is 5.32 Å². The molecule has 17 heavy (non-hydrogen) atoms. The van der Waals surface area contributed by atoms with E-state index < -0.39 is 0 Å². The molecule has 0 bridgehead atoms. The highest BCUT2D eigenvalue weighted by Crippen LogP contribution is 2.32. The normalized spacial score (nSPS) is 16.1. The third kappa shape index (κ3) is 2.14. The van der Waals surface area contributed by atoms with Crippen LogP contribution in [0.3, 0.4) is 0 Å². The molecule has 0 amide bonds. The van der Waals surface area contributed by atoms with Gasteiger partial charge in [-0.05, 0) is 25.8 Å². The number of aromatic nitrogens is 2. The van der Waals surface area contributed by atoms with E-state index in [0.29, 0.717) is 0 Å². The summed E-state index contributed by atoms with van der Waals surface area (Å²) in [5.41, 5.74) is 4.31. The molecular formula is C12H15N3S2. The molecule has 0 saturated carbocycles. The monoisotopic (exact) mass is 265 g/mol. The van der Waals surface area contributed by atoms with Crippen LogP contribution >= 0.6 is 22.7 Å². The van der Waals surface area contributed by atoms with Gasteiger partial charge in [-0.1, -0.05) is 6.92 Å². The quantitative estimate of drug-likeness (QED) is 0.923. The van der Waals surface area contributed by atoms with Crippen molar-refractivity contribution < 1.29 is 0 Å². The Kier molecular flexibility index (Phi) is 3.22. The molecule has 90 valence electrons. The van der Waals surface area contributed by atoms with Gasteiger partial charge in [-0.2, -0.15) is 0 Å². The molecule has 2 heterocycles. The van der Waals surface area contributed by atoms with E-state index in [-0.39, 0.29) is 6.04 Å². The van der Waals surface area contributed by atoms with E-state index >= 15 is 0 Å². The fourth-order valence-electron chi connectivity index (χ4n) is 2.22. The molecule has 2 aromatic rings. The predicted molar refractivity (Wildman–Crippen MR) is 71.8 cm³/mol. The lowest BCUT2D eigenvalue weighted by Gasteiger charge is -2.12. The lowest BCUT2D eigenvalue weighted by molar-refractivity contribution is 0.613. The summed E-state index contributed by atoms with van der Waals surface area (Å²) in [5.74, 6) is 0. The molecule has 5 heteroatoms. The summed E-state index contributed by atoms with van der Waals surface area (Å²) in [7, 11) is 0. The van der Waals surface area contributed by atoms with E-state index in [0.717, 1.165) is 18.7 Å². The second-order valence-corrected chi connectivity index (χ2v) is 6.01. The summed E-state index contributed by atoms with van der Waals surface area (Å²) in [4.78, 5) is 10.7. The van der Waals surface area contributed by atoms with Gasteiger partial charge in [0.1, 0.15) is 11.0 Å². The van der Waals surface area contributed by atoms with Crippen molar-refractivity contribution in [2.45, 2.75) is 32.2 Å². The minimum absolute atomic E-state index is 0.182. The van der Waals surface area contributed by atoms with Crippen LogP contribution in [-0.4, -0.2) is 16.5 Å². The summed E-state index contributed by atoms with van der Waals surface area (Å²) in [6.07, 6.45) is 3.64. The van der Waals surface area contributed by atoms with Gasteiger partial charge in [0.2, 0.25) is 0 Å². The van der Waals surface area contributed by atoms with Crippen molar-refractivity contribution in [3.63, 3.8) is 0 Å². The van der Waals surface area contributed by atoms with E-state index in [2.05, 4.69) is 22.6 Å². The number of fused-ring (bicyclic) bond motifs is 1. The SMILES string of the molecule is CCNC(c1cscn1)c1nc2c(s1)CCC2. The molecule has 1 unspecified atom stereocenters. The molecule has 1 N–H and O–H groups in total. The van der Waals surface area contributed by atoms with Gasteiger partial charge in [-0.25, -0.2) is 9.97 Å². The van der Waals surface area contributed by atoms with Crippen LogP contribution in [0, 0.1) is 0 Å². The summed E-state index contributed by atoms with van der Waals surface area (Å²) >= 11 is 3.50. The molecule has 1 aliphatic rings. The Hall–Kier alpha value is -0.780. The predicted octanol–water partition coefficient (Wildman–Crippen LogP) is 2.79. The summed E-state index contributed by atoms with van der Waals surface area (Å²) < 4.78 is 0. The van der Waals surface area contributed by atoms with E-state index in [4.69, 9.17) is 4.98 Å². The molecule has 2 aromatic heterocycles. The maximum atomic E-state index is 4.79. The van der Waals surface area contributed by atoms with Crippen LogP contribution in [0.15, 0.2) is 10.9 Å². The Labute approximate surface area is 109 Å². The highest BCUT2D eigenvalue weighted by atomic mass is 32.1. The average Bonchev–Trinajstić information content (AvgIpc) is 3.01. The Morgan fingerprint density at radius 3 is 3.12 bits per heavy atom. The Balaban J connectivity index is 1.92. The third-order valence-corrected chi connectivity index (χ3v) is 4.84. The number of rotatable bonds is 4. The molecule has 3 nitrogen and oxygen atoms in total. The van der Waals surface area contributed by atoms with Crippen LogP contribution in [0.5, 0.6) is 0 Å². The standard InChI is InChI=1S/C12H15N3S2/c1-2-13-11(9-6-16-7-14-9)12-15-8-4-3-5-10(8)17-12/h6-7,11,13H,2-5H2,1H3. The van der Waals surface area contributed by atoms with Gasteiger partial charge < -0.3 is 5.32 Å². The van der Waals surface area contributed by atoms with Crippen molar-refractivity contribution in [2.75, 3.05) is 6.54 Å². The molecule has 0 spiro atoms. The van der Waals surface area contributed by atoms with Gasteiger partial charge >= 0.3 is 0 Å². The first-order valence-electron chi connectivity index (χ1n) is 5.98. The summed E-state index contributed by atoms with van der Waals surface area (Å²) in [6.45, 7) is 3.06. The fourth-order valence-corrected chi connectivity index (χ4v) is 4.04. The van der Waals surface area contributed by atoms with Crippen LogP contribution in [0.4, 0.5) is 0 Å². The van der Waals surface area contributed by atoms with Crippen LogP contribution in [0.1, 0.15) is 40.7 Å². The maximum Gasteiger partial charge on any atom is 0.116 e. The van der Waals surface area contributed by atoms with Gasteiger partial charge in [0.15, 0.2) is 0 Å². The minimum Gasteiger partial charge on any atom is -0.303 e. The van der Waals surface area contributed by atoms with E-state index in [1.807, 2.05) is 16.8 Å². The first-order valence-corrected chi connectivity index (χ1v) is 7.74. The van der Waals surface area contributed by atoms with Crippen LogP contribution in [0.2, 0.25) is 0 Å². The topological polar surface area (TPSA) is 37.8 Å². The zero-order valence-corrected chi connectivity index (χ0v) is 11.4. The molecular weight excluding hydrogens is 250 g/mol. The van der Waals surface area contributed by atoms with Crippen molar-refractivity contribution in [3.8, 4) is 0 Å². The van der Waals surface area contributed by atoms with Gasteiger partial charge in [0, 0.05) is 10.3 Å². The zero-order valence-electron chi connectivity index (χ0n) is 9.77. The van der Waals surface area contributed by atoms with Crippen molar-refractivity contribution in [1.82, 2.24) is 15.3 Å². The van der Waals surface area contributed by atoms with Crippen LogP contribution in [0.25, 0.3) is 0 Å². The van der Waals surface area contributed by atoms with Crippen molar-refractivity contribution in [2.24, 2.45) is 0 Å². The first-order chi connectivity index (χ1) is 8.38. The molecule has 1 aliphatic carbocycles. The molecule has 0 fully saturated rings. The molecule has 3 rings (SSSR count). The fraction of sp³-hybridized carbons (Fsp3) is 0.500. The molecule has 1 atom stereocenters. The van der Waals surface area contributed by atoms with Gasteiger partial charge in [-0.3, -0.25) is 0 Å². The number of nitrogens with one attached hydrogen (secondary N) is 1. The largest absolute Gasteiger partial charge is 0.303 e. The van der Waals surface area contributed by atoms with E-state index in [9.17, 15) is 0 Å². The Morgan fingerprint density at radius 1 is 1.47 bits per heavy atom. The summed E-state index contributed by atoms with van der Waals surface area (Å²) in [5, 5.41) is 6.78. The second-order valence-electron chi connectivity index (χ2n) is 4.18. The summed E-state index contributed by atoms with van der Waals surface area (Å²) in [6, 6.07) is 0.182. The number of thiazole rings is 2.